The molecule has 0 saturated carbocycles. The summed E-state index contributed by atoms with van der Waals surface area (Å²) in [4.78, 5) is 32.0. The fraction of sp³-hybridized carbons (Fsp3) is 0.118. The molecular weight excluding hydrogens is 334 g/mol. The molecule has 9 heteroatoms. The van der Waals surface area contributed by atoms with Crippen LogP contribution in [0.3, 0.4) is 0 Å². The Balaban J connectivity index is 1.60. The van der Waals surface area contributed by atoms with E-state index in [1.54, 1.807) is 31.5 Å². The normalized spacial score (nSPS) is 12.2. The summed E-state index contributed by atoms with van der Waals surface area (Å²) < 4.78 is 2.63. The van der Waals surface area contributed by atoms with Crippen LogP contribution in [0.1, 0.15) is 13.0 Å². The number of fused-ring (bicyclic) bond motifs is 1. The first-order valence-electron chi connectivity index (χ1n) is 7.97. The van der Waals surface area contributed by atoms with Crippen LogP contribution < -0.4 is 10.9 Å². The quantitative estimate of drug-likeness (QED) is 0.580. The minimum atomic E-state index is -0.828. The molecule has 4 aromatic rings. The predicted molar refractivity (Wildman–Crippen MR) is 95.1 cm³/mol. The first kappa shape index (κ1) is 15.8. The number of nitrogens with zero attached hydrogens (tertiary/aromatic N) is 5. The number of benzene rings is 1. The van der Waals surface area contributed by atoms with Gasteiger partial charge in [-0.2, -0.15) is 5.10 Å². The third-order valence-electron chi connectivity index (χ3n) is 3.93. The standard InChI is InChI=1S/C17H15N7O2/c1-11(16(26)21-17-19-12-5-2-3-6-13(12)20-17)24-15(25)8-7-14(22-24)23-10-4-9-18-23/h2-11H,1H3,(H2,19,20,21,26). The van der Waals surface area contributed by atoms with Gasteiger partial charge >= 0.3 is 0 Å². The van der Waals surface area contributed by atoms with Gasteiger partial charge in [0.05, 0.1) is 11.0 Å². The molecule has 1 unspecified atom stereocenters. The van der Waals surface area contributed by atoms with Crippen LogP contribution in [0.2, 0.25) is 0 Å². The summed E-state index contributed by atoms with van der Waals surface area (Å²) >= 11 is 0. The molecule has 4 rings (SSSR count). The molecule has 0 fully saturated rings. The van der Waals surface area contributed by atoms with Crippen LogP contribution in [0.4, 0.5) is 5.95 Å². The molecule has 1 amide bonds. The second-order valence-corrected chi connectivity index (χ2v) is 5.69. The van der Waals surface area contributed by atoms with Crippen LogP contribution in [0.15, 0.2) is 59.7 Å². The molecule has 2 N–H and O–H groups in total. The number of aromatic amines is 1. The number of aromatic nitrogens is 6. The van der Waals surface area contributed by atoms with Crippen molar-refractivity contribution in [3.05, 3.63) is 65.2 Å². The zero-order valence-corrected chi connectivity index (χ0v) is 13.8. The Hall–Kier alpha value is -3.75. The van der Waals surface area contributed by atoms with Gasteiger partial charge in [0.1, 0.15) is 6.04 Å². The van der Waals surface area contributed by atoms with E-state index >= 15 is 0 Å². The average Bonchev–Trinajstić information content (AvgIpc) is 3.30. The molecule has 0 radical (unpaired) electrons. The molecule has 0 bridgehead atoms. The van der Waals surface area contributed by atoms with Crippen LogP contribution in [0, 0.1) is 0 Å². The van der Waals surface area contributed by atoms with E-state index in [4.69, 9.17) is 0 Å². The summed E-state index contributed by atoms with van der Waals surface area (Å²) in [6, 6.07) is 11.3. The molecule has 1 aromatic carbocycles. The molecule has 1 atom stereocenters. The lowest BCUT2D eigenvalue weighted by molar-refractivity contribution is -0.119. The lowest BCUT2D eigenvalue weighted by atomic mass is 10.3. The first-order valence-corrected chi connectivity index (χ1v) is 7.97. The molecule has 26 heavy (non-hydrogen) atoms. The zero-order valence-electron chi connectivity index (χ0n) is 13.8. The van der Waals surface area contributed by atoms with Gasteiger partial charge in [-0.25, -0.2) is 14.3 Å². The van der Waals surface area contributed by atoms with Crippen molar-refractivity contribution >= 4 is 22.9 Å². The van der Waals surface area contributed by atoms with Crippen LogP contribution >= 0.6 is 0 Å². The number of carbonyl (C=O) groups excluding carboxylic acids is 1. The second kappa shape index (κ2) is 6.28. The van der Waals surface area contributed by atoms with Crippen molar-refractivity contribution < 1.29 is 4.79 Å². The number of hydrogen-bond donors (Lipinski definition) is 2. The third kappa shape index (κ3) is 2.86. The Labute approximate surface area is 147 Å². The number of hydrogen-bond acceptors (Lipinski definition) is 5. The molecule has 0 aliphatic carbocycles. The number of amides is 1. The van der Waals surface area contributed by atoms with Crippen molar-refractivity contribution in [3.63, 3.8) is 0 Å². The molecule has 0 aliphatic rings. The van der Waals surface area contributed by atoms with Gasteiger partial charge in [0.2, 0.25) is 5.95 Å². The number of carbonyl (C=O) groups is 1. The van der Waals surface area contributed by atoms with Gasteiger partial charge in [0.25, 0.3) is 11.5 Å². The SMILES string of the molecule is CC(C(=O)Nc1nc2ccccc2[nH]1)n1nc(-n2cccn2)ccc1=O. The Bertz CT molecular complexity index is 1090. The highest BCUT2D eigenvalue weighted by atomic mass is 16.2. The van der Waals surface area contributed by atoms with E-state index in [0.717, 1.165) is 15.7 Å². The molecule has 3 heterocycles. The highest BCUT2D eigenvalue weighted by molar-refractivity contribution is 5.93. The van der Waals surface area contributed by atoms with Gasteiger partial charge in [-0.05, 0) is 31.2 Å². The highest BCUT2D eigenvalue weighted by Gasteiger charge is 2.19. The van der Waals surface area contributed by atoms with Gasteiger partial charge in [-0.1, -0.05) is 12.1 Å². The highest BCUT2D eigenvalue weighted by Crippen LogP contribution is 2.14. The van der Waals surface area contributed by atoms with Crippen molar-refractivity contribution in [2.24, 2.45) is 0 Å². The largest absolute Gasteiger partial charge is 0.324 e. The van der Waals surface area contributed by atoms with E-state index in [9.17, 15) is 9.59 Å². The van der Waals surface area contributed by atoms with Gasteiger partial charge in [0.15, 0.2) is 5.82 Å². The summed E-state index contributed by atoms with van der Waals surface area (Å²) in [7, 11) is 0. The monoisotopic (exact) mass is 349 g/mol. The minimum absolute atomic E-state index is 0.319. The van der Waals surface area contributed by atoms with Gasteiger partial charge in [-0.15, -0.1) is 5.10 Å². The topological polar surface area (TPSA) is 110 Å². The lowest BCUT2D eigenvalue weighted by Gasteiger charge is -2.13. The van der Waals surface area contributed by atoms with Crippen molar-refractivity contribution in [2.45, 2.75) is 13.0 Å². The zero-order chi connectivity index (χ0) is 18.1. The van der Waals surface area contributed by atoms with Gasteiger partial charge < -0.3 is 4.98 Å². The molecule has 0 saturated heterocycles. The minimum Gasteiger partial charge on any atom is -0.324 e. The number of H-pyrrole nitrogens is 1. The number of imidazole rings is 1. The Morgan fingerprint density at radius 3 is 2.81 bits per heavy atom. The Morgan fingerprint density at radius 2 is 2.04 bits per heavy atom. The number of rotatable bonds is 4. The van der Waals surface area contributed by atoms with Crippen LogP contribution in [-0.2, 0) is 4.79 Å². The average molecular weight is 349 g/mol. The smallest absolute Gasteiger partial charge is 0.267 e. The lowest BCUT2D eigenvalue weighted by Crippen LogP contribution is -2.33. The van der Waals surface area contributed by atoms with E-state index < -0.39 is 11.9 Å². The predicted octanol–water partition coefficient (Wildman–Crippen LogP) is 1.50. The first-order chi connectivity index (χ1) is 12.6. The number of nitrogens with one attached hydrogen (secondary N) is 2. The summed E-state index contributed by atoms with van der Waals surface area (Å²) in [5.41, 5.74) is 1.17. The maximum Gasteiger partial charge on any atom is 0.267 e. The fourth-order valence-corrected chi connectivity index (χ4v) is 2.56. The Kier molecular flexibility index (Phi) is 3.81. The summed E-state index contributed by atoms with van der Waals surface area (Å²) in [5.74, 6) is 0.355. The van der Waals surface area contributed by atoms with Gasteiger partial charge in [-0.3, -0.25) is 14.9 Å². The van der Waals surface area contributed by atoms with E-state index in [2.05, 4.69) is 25.5 Å². The van der Waals surface area contributed by atoms with Crippen molar-refractivity contribution in [2.75, 3.05) is 5.32 Å². The van der Waals surface area contributed by atoms with Crippen LogP contribution in [0.5, 0.6) is 0 Å². The molecular formula is C17H15N7O2. The van der Waals surface area contributed by atoms with Crippen molar-refractivity contribution in [1.82, 2.24) is 29.5 Å². The van der Waals surface area contributed by atoms with E-state index in [1.807, 2.05) is 24.3 Å². The maximum atomic E-state index is 12.5. The van der Waals surface area contributed by atoms with Gasteiger partial charge in [0, 0.05) is 18.5 Å². The molecule has 0 spiro atoms. The number of anilines is 1. The van der Waals surface area contributed by atoms with Crippen molar-refractivity contribution in [1.29, 1.82) is 0 Å². The van der Waals surface area contributed by atoms with E-state index in [-0.39, 0.29) is 5.56 Å². The fourth-order valence-electron chi connectivity index (χ4n) is 2.56. The second-order valence-electron chi connectivity index (χ2n) is 5.69. The van der Waals surface area contributed by atoms with Crippen molar-refractivity contribution in [3.8, 4) is 5.82 Å². The van der Waals surface area contributed by atoms with Crippen LogP contribution in [-0.4, -0.2) is 35.4 Å². The summed E-state index contributed by atoms with van der Waals surface area (Å²) in [6.45, 7) is 1.60. The molecule has 130 valence electrons. The molecule has 0 aliphatic heterocycles. The summed E-state index contributed by atoms with van der Waals surface area (Å²) in [5, 5.41) is 11.0. The van der Waals surface area contributed by atoms with Crippen LogP contribution in [0.25, 0.3) is 16.9 Å². The third-order valence-corrected chi connectivity index (χ3v) is 3.93. The summed E-state index contributed by atoms with van der Waals surface area (Å²) in [6.07, 6.45) is 3.31. The number of para-hydroxylation sites is 2. The van der Waals surface area contributed by atoms with E-state index in [0.29, 0.717) is 11.8 Å². The molecule has 3 aromatic heterocycles. The maximum absolute atomic E-state index is 12.5. The Morgan fingerprint density at radius 1 is 1.19 bits per heavy atom. The molecule has 9 nitrogen and oxygen atoms in total. The van der Waals surface area contributed by atoms with E-state index in [1.165, 1.54) is 10.7 Å².